The average molecular weight is 197 g/mol. The summed E-state index contributed by atoms with van der Waals surface area (Å²) < 4.78 is 4.86. The van der Waals surface area contributed by atoms with E-state index in [1.807, 2.05) is 6.92 Å². The van der Waals surface area contributed by atoms with E-state index < -0.39 is 0 Å². The first-order valence-corrected chi connectivity index (χ1v) is 4.86. The van der Waals surface area contributed by atoms with Gasteiger partial charge < -0.3 is 9.64 Å². The molecule has 0 aromatic carbocycles. The van der Waals surface area contributed by atoms with Crippen molar-refractivity contribution in [2.45, 2.75) is 26.7 Å². The van der Waals surface area contributed by atoms with Gasteiger partial charge in [-0.2, -0.15) is 0 Å². The number of carbonyl (C=O) groups excluding carboxylic acids is 2. The normalized spacial score (nSPS) is 16.6. The first-order chi connectivity index (χ1) is 6.69. The van der Waals surface area contributed by atoms with Crippen molar-refractivity contribution in [3.63, 3.8) is 0 Å². The van der Waals surface area contributed by atoms with Gasteiger partial charge in [-0.1, -0.05) is 0 Å². The number of amides is 1. The Bertz CT molecular complexity index is 271. The third-order valence-corrected chi connectivity index (χ3v) is 2.12. The van der Waals surface area contributed by atoms with Crippen molar-refractivity contribution in [2.75, 3.05) is 13.2 Å². The zero-order valence-corrected chi connectivity index (χ0v) is 8.58. The number of hydrogen-bond donors (Lipinski definition) is 0. The first kappa shape index (κ1) is 10.8. The van der Waals surface area contributed by atoms with Gasteiger partial charge in [-0.25, -0.2) is 4.79 Å². The molecule has 4 nitrogen and oxygen atoms in total. The smallest absolute Gasteiger partial charge is 0.335 e. The van der Waals surface area contributed by atoms with Crippen LogP contribution in [-0.2, 0) is 14.3 Å². The van der Waals surface area contributed by atoms with Gasteiger partial charge in [-0.3, -0.25) is 4.79 Å². The lowest BCUT2D eigenvalue weighted by Gasteiger charge is -2.22. The zero-order valence-electron chi connectivity index (χ0n) is 8.58. The van der Waals surface area contributed by atoms with Crippen LogP contribution in [0.2, 0.25) is 0 Å². The Balaban J connectivity index is 2.70. The fourth-order valence-electron chi connectivity index (χ4n) is 1.36. The molecule has 1 heterocycles. The van der Waals surface area contributed by atoms with Gasteiger partial charge in [0.05, 0.1) is 12.2 Å². The summed E-state index contributed by atoms with van der Waals surface area (Å²) in [4.78, 5) is 24.2. The molecule has 1 rings (SSSR count). The molecule has 0 unspecified atom stereocenters. The molecule has 0 saturated heterocycles. The van der Waals surface area contributed by atoms with Gasteiger partial charge in [0.1, 0.15) is 0 Å². The van der Waals surface area contributed by atoms with Crippen LogP contribution in [0.1, 0.15) is 26.7 Å². The molecular weight excluding hydrogens is 182 g/mol. The van der Waals surface area contributed by atoms with E-state index in [1.165, 1.54) is 0 Å². The second-order valence-electron chi connectivity index (χ2n) is 3.05. The maximum absolute atomic E-state index is 11.3. The molecule has 1 aliphatic heterocycles. The Hall–Kier alpha value is -1.32. The molecule has 14 heavy (non-hydrogen) atoms. The molecule has 1 aliphatic rings. The molecule has 0 aromatic heterocycles. The van der Waals surface area contributed by atoms with Crippen LogP contribution in [0.3, 0.4) is 0 Å². The number of esters is 1. The molecule has 0 bridgehead atoms. The van der Waals surface area contributed by atoms with E-state index in [-0.39, 0.29) is 11.9 Å². The number of rotatable bonds is 3. The summed E-state index contributed by atoms with van der Waals surface area (Å²) >= 11 is 0. The molecule has 0 aliphatic carbocycles. The van der Waals surface area contributed by atoms with Crippen LogP contribution in [0.4, 0.5) is 0 Å². The fraction of sp³-hybridized carbons (Fsp3) is 0.600. The highest BCUT2D eigenvalue weighted by molar-refractivity contribution is 5.92. The monoisotopic (exact) mass is 197 g/mol. The quantitative estimate of drug-likeness (QED) is 0.636. The lowest BCUT2D eigenvalue weighted by Crippen LogP contribution is -2.30. The molecule has 0 atom stereocenters. The molecular formula is C10H15NO3. The summed E-state index contributed by atoms with van der Waals surface area (Å²) in [5, 5.41) is 0. The van der Waals surface area contributed by atoms with Crippen molar-refractivity contribution >= 4 is 11.9 Å². The van der Waals surface area contributed by atoms with E-state index in [9.17, 15) is 9.59 Å². The van der Waals surface area contributed by atoms with Crippen molar-refractivity contribution in [1.82, 2.24) is 4.90 Å². The number of carbonyl (C=O) groups is 2. The van der Waals surface area contributed by atoms with Crippen molar-refractivity contribution in [2.24, 2.45) is 0 Å². The molecule has 1 amide bonds. The predicted molar refractivity (Wildman–Crippen MR) is 51.3 cm³/mol. The van der Waals surface area contributed by atoms with E-state index in [0.29, 0.717) is 31.6 Å². The Morgan fingerprint density at radius 2 is 2.21 bits per heavy atom. The number of nitrogens with zero attached hydrogens (tertiary/aromatic N) is 1. The zero-order chi connectivity index (χ0) is 10.6. The van der Waals surface area contributed by atoms with Crippen molar-refractivity contribution < 1.29 is 14.3 Å². The molecule has 0 fully saturated rings. The van der Waals surface area contributed by atoms with Gasteiger partial charge in [-0.15, -0.1) is 0 Å². The van der Waals surface area contributed by atoms with E-state index >= 15 is 0 Å². The van der Waals surface area contributed by atoms with Gasteiger partial charge in [0.15, 0.2) is 0 Å². The minimum Gasteiger partial charge on any atom is -0.463 e. The lowest BCUT2D eigenvalue weighted by atomic mass is 10.1. The molecule has 0 spiro atoms. The van der Waals surface area contributed by atoms with Gasteiger partial charge in [0.2, 0.25) is 5.91 Å². The van der Waals surface area contributed by atoms with E-state index in [1.54, 1.807) is 18.0 Å². The Morgan fingerprint density at radius 1 is 1.50 bits per heavy atom. The first-order valence-electron chi connectivity index (χ1n) is 4.86. The predicted octanol–water partition coefficient (Wildman–Crippen LogP) is 1.08. The van der Waals surface area contributed by atoms with Crippen LogP contribution >= 0.6 is 0 Å². The Morgan fingerprint density at radius 3 is 2.79 bits per heavy atom. The van der Waals surface area contributed by atoms with Crippen molar-refractivity contribution in [3.8, 4) is 0 Å². The van der Waals surface area contributed by atoms with Crippen molar-refractivity contribution in [3.05, 3.63) is 11.8 Å². The fourth-order valence-corrected chi connectivity index (χ4v) is 1.36. The van der Waals surface area contributed by atoms with Gasteiger partial charge >= 0.3 is 5.97 Å². The molecule has 78 valence electrons. The summed E-state index contributed by atoms with van der Waals surface area (Å²) in [6.07, 6.45) is 2.50. The van der Waals surface area contributed by atoms with Crippen LogP contribution in [0.5, 0.6) is 0 Å². The molecule has 4 heteroatoms. The number of hydrogen-bond acceptors (Lipinski definition) is 3. The van der Waals surface area contributed by atoms with Crippen LogP contribution in [-0.4, -0.2) is 29.9 Å². The van der Waals surface area contributed by atoms with Crippen LogP contribution in [0.25, 0.3) is 0 Å². The van der Waals surface area contributed by atoms with Crippen molar-refractivity contribution in [1.29, 1.82) is 0 Å². The van der Waals surface area contributed by atoms with E-state index in [0.717, 1.165) is 0 Å². The number of ether oxygens (including phenoxy) is 1. The largest absolute Gasteiger partial charge is 0.463 e. The van der Waals surface area contributed by atoms with Gasteiger partial charge in [0.25, 0.3) is 0 Å². The summed E-state index contributed by atoms with van der Waals surface area (Å²) in [5.74, 6) is -0.237. The van der Waals surface area contributed by atoms with E-state index in [4.69, 9.17) is 4.74 Å². The summed E-state index contributed by atoms with van der Waals surface area (Å²) in [6.45, 7) is 4.62. The second-order valence-corrected chi connectivity index (χ2v) is 3.05. The standard InChI is InChI=1S/C10H15NO3/c1-3-11-7-8(5-6-9(11)12)10(13)14-4-2/h7H,3-6H2,1-2H3. The molecule has 0 aromatic rings. The highest BCUT2D eigenvalue weighted by Gasteiger charge is 2.21. The molecule has 0 radical (unpaired) electrons. The average Bonchev–Trinajstić information content (AvgIpc) is 2.19. The third-order valence-electron chi connectivity index (χ3n) is 2.12. The summed E-state index contributed by atoms with van der Waals surface area (Å²) in [6, 6.07) is 0. The van der Waals surface area contributed by atoms with Crippen LogP contribution < -0.4 is 0 Å². The van der Waals surface area contributed by atoms with Gasteiger partial charge in [-0.05, 0) is 20.3 Å². The maximum atomic E-state index is 11.3. The molecule has 0 saturated carbocycles. The topological polar surface area (TPSA) is 46.6 Å². The Kier molecular flexibility index (Phi) is 3.68. The minimum atomic E-state index is -0.307. The second kappa shape index (κ2) is 4.79. The lowest BCUT2D eigenvalue weighted by molar-refractivity contribution is -0.139. The summed E-state index contributed by atoms with van der Waals surface area (Å²) in [7, 11) is 0. The van der Waals surface area contributed by atoms with Gasteiger partial charge in [0, 0.05) is 19.2 Å². The minimum absolute atomic E-state index is 0.0700. The SMILES string of the molecule is CCOC(=O)C1=CN(CC)C(=O)CC1. The van der Waals surface area contributed by atoms with E-state index in [2.05, 4.69) is 0 Å². The van der Waals surface area contributed by atoms with Crippen LogP contribution in [0.15, 0.2) is 11.8 Å². The molecule has 0 N–H and O–H groups in total. The van der Waals surface area contributed by atoms with Crippen LogP contribution in [0, 0.1) is 0 Å². The third kappa shape index (κ3) is 2.34. The Labute approximate surface area is 83.5 Å². The highest BCUT2D eigenvalue weighted by atomic mass is 16.5. The summed E-state index contributed by atoms with van der Waals surface area (Å²) in [5.41, 5.74) is 0.591. The highest BCUT2D eigenvalue weighted by Crippen LogP contribution is 2.16. The maximum Gasteiger partial charge on any atom is 0.335 e.